The van der Waals surface area contributed by atoms with Gasteiger partial charge in [0.15, 0.2) is 0 Å². The lowest BCUT2D eigenvalue weighted by molar-refractivity contribution is -0.162. The van der Waals surface area contributed by atoms with Gasteiger partial charge in [0.05, 0.1) is 0 Å². The Morgan fingerprint density at radius 3 is 1.50 bits per heavy atom. The second-order valence-electron chi connectivity index (χ2n) is 3.45. The van der Waals surface area contributed by atoms with Crippen LogP contribution in [-0.4, -0.2) is 46.5 Å². The molecule has 0 aromatic heterocycles. The molecule has 0 aliphatic carbocycles. The molecule has 4 amide bonds. The standard InChI is InChI=1S/C10H14N2O4/c1-3-7(13)11-5-10(16)12(6-9(11)15)8(14)4-2/h3-6H2,1-2H3. The summed E-state index contributed by atoms with van der Waals surface area (Å²) in [5.74, 6) is -1.76. The third-order valence-electron chi connectivity index (χ3n) is 2.40. The van der Waals surface area contributed by atoms with Crippen molar-refractivity contribution in [2.45, 2.75) is 26.7 Å². The van der Waals surface area contributed by atoms with Gasteiger partial charge < -0.3 is 0 Å². The van der Waals surface area contributed by atoms with Crippen LogP contribution in [0.5, 0.6) is 0 Å². The summed E-state index contributed by atoms with van der Waals surface area (Å²) in [5.41, 5.74) is 0. The summed E-state index contributed by atoms with van der Waals surface area (Å²) >= 11 is 0. The zero-order valence-electron chi connectivity index (χ0n) is 9.36. The molecule has 0 aromatic rings. The summed E-state index contributed by atoms with van der Waals surface area (Å²) in [6.45, 7) is 2.59. The fraction of sp³-hybridized carbons (Fsp3) is 0.600. The smallest absolute Gasteiger partial charge is 0.249 e. The van der Waals surface area contributed by atoms with Gasteiger partial charge in [-0.05, 0) is 0 Å². The summed E-state index contributed by atoms with van der Waals surface area (Å²) < 4.78 is 0. The number of carbonyl (C=O) groups excluding carboxylic acids is 4. The highest BCUT2D eigenvalue weighted by molar-refractivity contribution is 6.08. The zero-order chi connectivity index (χ0) is 12.3. The van der Waals surface area contributed by atoms with E-state index in [0.29, 0.717) is 0 Å². The molecule has 1 saturated heterocycles. The average molecular weight is 226 g/mol. The third kappa shape index (κ3) is 2.26. The van der Waals surface area contributed by atoms with Gasteiger partial charge in [0.25, 0.3) is 0 Å². The summed E-state index contributed by atoms with van der Waals surface area (Å²) in [7, 11) is 0. The van der Waals surface area contributed by atoms with E-state index in [9.17, 15) is 19.2 Å². The molecule has 1 heterocycles. The van der Waals surface area contributed by atoms with Crippen LogP contribution in [0.4, 0.5) is 0 Å². The lowest BCUT2D eigenvalue weighted by atomic mass is 10.2. The second-order valence-corrected chi connectivity index (χ2v) is 3.45. The van der Waals surface area contributed by atoms with E-state index in [1.54, 1.807) is 13.8 Å². The van der Waals surface area contributed by atoms with Crippen LogP contribution in [0.15, 0.2) is 0 Å². The molecule has 1 rings (SSSR count). The van der Waals surface area contributed by atoms with Crippen LogP contribution in [0.2, 0.25) is 0 Å². The van der Waals surface area contributed by atoms with Gasteiger partial charge in [0.1, 0.15) is 13.1 Å². The predicted molar refractivity (Wildman–Crippen MR) is 54.0 cm³/mol. The van der Waals surface area contributed by atoms with E-state index in [0.717, 1.165) is 9.80 Å². The van der Waals surface area contributed by atoms with Crippen LogP contribution in [0.1, 0.15) is 26.7 Å². The Hall–Kier alpha value is -1.72. The molecule has 0 unspecified atom stereocenters. The van der Waals surface area contributed by atoms with Crippen LogP contribution in [0.3, 0.4) is 0 Å². The molecule has 0 atom stereocenters. The Morgan fingerprint density at radius 2 is 1.25 bits per heavy atom. The van der Waals surface area contributed by atoms with Crippen molar-refractivity contribution in [1.82, 2.24) is 9.80 Å². The molecular formula is C10H14N2O4. The third-order valence-corrected chi connectivity index (χ3v) is 2.40. The molecule has 0 bridgehead atoms. The van der Waals surface area contributed by atoms with E-state index in [1.165, 1.54) is 0 Å². The summed E-state index contributed by atoms with van der Waals surface area (Å²) in [4.78, 5) is 47.5. The quantitative estimate of drug-likeness (QED) is 0.638. The molecular weight excluding hydrogens is 212 g/mol. The van der Waals surface area contributed by atoms with Crippen LogP contribution >= 0.6 is 0 Å². The van der Waals surface area contributed by atoms with Crippen molar-refractivity contribution in [3.63, 3.8) is 0 Å². The van der Waals surface area contributed by atoms with Gasteiger partial charge in [-0.2, -0.15) is 0 Å². The lowest BCUT2D eigenvalue weighted by Crippen LogP contribution is -2.57. The summed E-state index contributed by atoms with van der Waals surface area (Å²) in [6.07, 6.45) is 0.335. The Kier molecular flexibility index (Phi) is 3.76. The minimum atomic E-state index is -0.492. The molecule has 88 valence electrons. The number of hydrogen-bond donors (Lipinski definition) is 0. The van der Waals surface area contributed by atoms with Crippen LogP contribution in [0.25, 0.3) is 0 Å². The first-order valence-corrected chi connectivity index (χ1v) is 5.17. The second kappa shape index (κ2) is 4.87. The van der Waals surface area contributed by atoms with E-state index in [2.05, 4.69) is 0 Å². The van der Waals surface area contributed by atoms with Gasteiger partial charge in [0.2, 0.25) is 23.6 Å². The molecule has 1 aliphatic heterocycles. The van der Waals surface area contributed by atoms with Gasteiger partial charge in [0, 0.05) is 12.8 Å². The predicted octanol–water partition coefficient (Wildman–Crippen LogP) is -0.470. The maximum atomic E-state index is 11.5. The molecule has 1 fully saturated rings. The van der Waals surface area contributed by atoms with Gasteiger partial charge in [-0.1, -0.05) is 13.8 Å². The van der Waals surface area contributed by atoms with Crippen molar-refractivity contribution >= 4 is 23.6 Å². The first-order chi connectivity index (χ1) is 7.51. The average Bonchev–Trinajstić information content (AvgIpc) is 2.29. The minimum Gasteiger partial charge on any atom is -0.274 e. The molecule has 6 heteroatoms. The van der Waals surface area contributed by atoms with Crippen LogP contribution in [-0.2, 0) is 19.2 Å². The highest BCUT2D eigenvalue weighted by atomic mass is 16.2. The SMILES string of the molecule is CCC(=O)N1CC(=O)N(C(=O)CC)CC1=O. The topological polar surface area (TPSA) is 74.8 Å². The first kappa shape index (κ1) is 12.4. The molecule has 16 heavy (non-hydrogen) atoms. The van der Waals surface area contributed by atoms with Crippen molar-refractivity contribution in [3.8, 4) is 0 Å². The lowest BCUT2D eigenvalue weighted by Gasteiger charge is -2.31. The van der Waals surface area contributed by atoms with Gasteiger partial charge in [-0.15, -0.1) is 0 Å². The van der Waals surface area contributed by atoms with E-state index >= 15 is 0 Å². The molecule has 6 nitrogen and oxygen atoms in total. The highest BCUT2D eigenvalue weighted by Gasteiger charge is 2.35. The number of piperazine rings is 1. The fourth-order valence-electron chi connectivity index (χ4n) is 1.45. The molecule has 1 aliphatic rings. The zero-order valence-corrected chi connectivity index (χ0v) is 9.36. The van der Waals surface area contributed by atoms with Crippen LogP contribution in [0, 0.1) is 0 Å². The number of carbonyl (C=O) groups is 4. The fourth-order valence-corrected chi connectivity index (χ4v) is 1.45. The van der Waals surface area contributed by atoms with Crippen LogP contribution < -0.4 is 0 Å². The van der Waals surface area contributed by atoms with Gasteiger partial charge in [-0.25, -0.2) is 0 Å². The molecule has 0 N–H and O–H groups in total. The van der Waals surface area contributed by atoms with Crippen molar-refractivity contribution in [3.05, 3.63) is 0 Å². The van der Waals surface area contributed by atoms with E-state index in [1.807, 2.05) is 0 Å². The number of nitrogens with zero attached hydrogens (tertiary/aromatic N) is 2. The molecule has 0 radical (unpaired) electrons. The minimum absolute atomic E-state index is 0.167. The molecule has 0 saturated carbocycles. The van der Waals surface area contributed by atoms with Gasteiger partial charge >= 0.3 is 0 Å². The summed E-state index contributed by atoms with van der Waals surface area (Å²) in [5, 5.41) is 0. The van der Waals surface area contributed by atoms with Crippen molar-refractivity contribution in [2.75, 3.05) is 13.1 Å². The maximum absolute atomic E-state index is 11.5. The van der Waals surface area contributed by atoms with E-state index < -0.39 is 11.8 Å². The highest BCUT2D eigenvalue weighted by Crippen LogP contribution is 2.08. The van der Waals surface area contributed by atoms with E-state index in [4.69, 9.17) is 0 Å². The Morgan fingerprint density at radius 1 is 0.938 bits per heavy atom. The van der Waals surface area contributed by atoms with Crippen molar-refractivity contribution in [1.29, 1.82) is 0 Å². The van der Waals surface area contributed by atoms with Gasteiger partial charge in [-0.3, -0.25) is 29.0 Å². The molecule has 0 aromatic carbocycles. The largest absolute Gasteiger partial charge is 0.274 e. The Balaban J connectivity index is 2.78. The Labute approximate surface area is 93.2 Å². The normalized spacial score (nSPS) is 16.6. The van der Waals surface area contributed by atoms with Crippen molar-refractivity contribution < 1.29 is 19.2 Å². The number of hydrogen-bond acceptors (Lipinski definition) is 4. The number of rotatable bonds is 2. The first-order valence-electron chi connectivity index (χ1n) is 5.17. The maximum Gasteiger partial charge on any atom is 0.249 e. The molecule has 0 spiro atoms. The van der Waals surface area contributed by atoms with E-state index in [-0.39, 0.29) is 37.7 Å². The number of imide groups is 2. The monoisotopic (exact) mass is 226 g/mol. The Bertz CT molecular complexity index is 317. The van der Waals surface area contributed by atoms with Crippen molar-refractivity contribution in [2.24, 2.45) is 0 Å². The number of amides is 4. The summed E-state index contributed by atoms with van der Waals surface area (Å²) in [6, 6.07) is 0.